The normalized spacial score (nSPS) is 17.5. The van der Waals surface area contributed by atoms with Crippen LogP contribution in [0.4, 0.5) is 0 Å². The first-order valence-corrected chi connectivity index (χ1v) is 5.25. The van der Waals surface area contributed by atoms with E-state index >= 15 is 0 Å². The van der Waals surface area contributed by atoms with Crippen molar-refractivity contribution in [2.45, 2.75) is 6.54 Å². The summed E-state index contributed by atoms with van der Waals surface area (Å²) in [5.41, 5.74) is 0.659. The van der Waals surface area contributed by atoms with Gasteiger partial charge in [0.15, 0.2) is 0 Å². The number of hydrogen-bond donors (Lipinski definition) is 0. The fraction of sp³-hybridized carbons (Fsp3) is 0.571. The molecular weight excluding hydrogens is 226 g/mol. The minimum Gasteiger partial charge on any atom is -0.370 e. The van der Waals surface area contributed by atoms with Crippen LogP contribution in [0.25, 0.3) is 0 Å². The van der Waals surface area contributed by atoms with Gasteiger partial charge in [0.25, 0.3) is 0 Å². The van der Waals surface area contributed by atoms with E-state index in [1.165, 1.54) is 0 Å². The van der Waals surface area contributed by atoms with Crippen LogP contribution in [-0.4, -0.2) is 40.2 Å². The van der Waals surface area contributed by atoms with Crippen LogP contribution in [0.15, 0.2) is 0 Å². The second kappa shape index (κ2) is 4.20. The minimum atomic E-state index is -0.0275. The zero-order valence-corrected chi connectivity index (χ0v) is 8.85. The number of hydrogen-bond acceptors (Lipinski definition) is 5. The molecule has 0 spiro atoms. The first kappa shape index (κ1) is 9.82. The molecule has 0 radical (unpaired) electrons. The Balaban J connectivity index is 2.03. The lowest BCUT2D eigenvalue weighted by atomic mass is 10.3. The quantitative estimate of drug-likeness (QED) is 0.749. The lowest BCUT2D eigenvalue weighted by Gasteiger charge is -2.25. The van der Waals surface area contributed by atoms with Crippen molar-refractivity contribution in [2.24, 2.45) is 0 Å². The molecule has 0 bridgehead atoms. The molecule has 1 amide bonds. The van der Waals surface area contributed by atoms with Crippen molar-refractivity contribution >= 4 is 29.0 Å². The Labute approximate surface area is 89.8 Å². The highest BCUT2D eigenvalue weighted by Gasteiger charge is 2.20. The molecule has 0 unspecified atom stereocenters. The van der Waals surface area contributed by atoms with Gasteiger partial charge >= 0.3 is 0 Å². The Morgan fingerprint density at radius 1 is 1.64 bits per heavy atom. The smallest absolute Gasteiger partial charge is 0.249 e. The average Bonchev–Trinajstić information content (AvgIpc) is 2.56. The fourth-order valence-corrected chi connectivity index (χ4v) is 1.80. The van der Waals surface area contributed by atoms with Crippen LogP contribution in [-0.2, 0) is 16.1 Å². The van der Waals surface area contributed by atoms with E-state index in [1.54, 1.807) is 4.90 Å². The maximum atomic E-state index is 11.3. The molecule has 1 aromatic rings. The maximum Gasteiger partial charge on any atom is 0.249 e. The van der Waals surface area contributed by atoms with Crippen molar-refractivity contribution in [1.82, 2.24) is 14.5 Å². The van der Waals surface area contributed by atoms with Crippen molar-refractivity contribution in [3.8, 4) is 0 Å². The summed E-state index contributed by atoms with van der Waals surface area (Å²) in [6.45, 7) is 1.74. The fourth-order valence-electron chi connectivity index (χ4n) is 1.19. The molecule has 0 aliphatic carbocycles. The van der Waals surface area contributed by atoms with E-state index in [0.29, 0.717) is 29.7 Å². The Morgan fingerprint density at radius 2 is 2.50 bits per heavy atom. The van der Waals surface area contributed by atoms with Crippen LogP contribution >= 0.6 is 23.1 Å². The highest BCUT2D eigenvalue weighted by Crippen LogP contribution is 2.19. The summed E-state index contributed by atoms with van der Waals surface area (Å²) in [5, 5.41) is 3.85. The summed E-state index contributed by atoms with van der Waals surface area (Å²) < 4.78 is 9.25. The van der Waals surface area contributed by atoms with Crippen LogP contribution in [0.3, 0.4) is 0 Å². The summed E-state index contributed by atoms with van der Waals surface area (Å²) in [5.74, 6) is -0.0275. The Morgan fingerprint density at radius 3 is 3.14 bits per heavy atom. The lowest BCUT2D eigenvalue weighted by molar-refractivity contribution is -0.143. The molecule has 2 heterocycles. The molecule has 1 aliphatic heterocycles. The van der Waals surface area contributed by atoms with E-state index < -0.39 is 0 Å². The predicted octanol–water partition coefficient (Wildman–Crippen LogP) is 0.550. The van der Waals surface area contributed by atoms with Crippen molar-refractivity contribution in [3.05, 3.63) is 10.0 Å². The molecule has 0 N–H and O–H groups in total. The standard InChI is InChI=1S/C7H8ClN3O2S/c8-7-5(9-10-14-7)3-11-1-2-13-4-6(11)12/h1-4H2. The number of aromatic nitrogens is 2. The van der Waals surface area contributed by atoms with Crippen molar-refractivity contribution in [3.63, 3.8) is 0 Å². The van der Waals surface area contributed by atoms with Crippen LogP contribution in [0.1, 0.15) is 5.69 Å². The van der Waals surface area contributed by atoms with Crippen LogP contribution in [0.2, 0.25) is 4.34 Å². The molecule has 0 saturated carbocycles. The van der Waals surface area contributed by atoms with Gasteiger partial charge in [0.2, 0.25) is 5.91 Å². The number of ether oxygens (including phenoxy) is 1. The van der Waals surface area contributed by atoms with Gasteiger partial charge < -0.3 is 9.64 Å². The van der Waals surface area contributed by atoms with Crippen LogP contribution < -0.4 is 0 Å². The number of morpholine rings is 1. The summed E-state index contributed by atoms with van der Waals surface area (Å²) in [7, 11) is 0. The predicted molar refractivity (Wildman–Crippen MR) is 51.2 cm³/mol. The van der Waals surface area contributed by atoms with Gasteiger partial charge in [-0.3, -0.25) is 4.79 Å². The van der Waals surface area contributed by atoms with Crippen molar-refractivity contribution < 1.29 is 9.53 Å². The Bertz CT molecular complexity index is 343. The number of amides is 1. The number of rotatable bonds is 2. The van der Waals surface area contributed by atoms with Gasteiger partial charge in [-0.05, 0) is 0 Å². The van der Waals surface area contributed by atoms with Gasteiger partial charge in [0.05, 0.1) is 13.2 Å². The maximum absolute atomic E-state index is 11.3. The molecule has 76 valence electrons. The second-order valence-electron chi connectivity index (χ2n) is 2.86. The second-order valence-corrected chi connectivity index (χ2v) is 4.22. The number of halogens is 1. The topological polar surface area (TPSA) is 55.3 Å². The van der Waals surface area contributed by atoms with E-state index in [2.05, 4.69) is 9.59 Å². The highest BCUT2D eigenvalue weighted by molar-refractivity contribution is 7.10. The minimum absolute atomic E-state index is 0.0275. The van der Waals surface area contributed by atoms with Gasteiger partial charge in [0.1, 0.15) is 16.6 Å². The number of nitrogens with zero attached hydrogens (tertiary/aromatic N) is 3. The van der Waals surface area contributed by atoms with E-state index in [4.69, 9.17) is 16.3 Å². The highest BCUT2D eigenvalue weighted by atomic mass is 35.5. The summed E-state index contributed by atoms with van der Waals surface area (Å²) in [6.07, 6.45) is 0. The van der Waals surface area contributed by atoms with E-state index in [-0.39, 0.29) is 12.5 Å². The van der Waals surface area contributed by atoms with E-state index in [9.17, 15) is 4.79 Å². The summed E-state index contributed by atoms with van der Waals surface area (Å²) >= 11 is 6.96. The molecular formula is C7H8ClN3O2S. The molecule has 7 heteroatoms. The van der Waals surface area contributed by atoms with Gasteiger partial charge in [-0.1, -0.05) is 16.1 Å². The van der Waals surface area contributed by atoms with Gasteiger partial charge in [-0.25, -0.2) is 0 Å². The SMILES string of the molecule is O=C1COCCN1Cc1nnsc1Cl. The molecule has 0 aromatic carbocycles. The molecule has 0 atom stereocenters. The van der Waals surface area contributed by atoms with Crippen molar-refractivity contribution in [2.75, 3.05) is 19.8 Å². The average molecular weight is 234 g/mol. The zero-order valence-electron chi connectivity index (χ0n) is 7.27. The number of carbonyl (C=O) groups excluding carboxylic acids is 1. The van der Waals surface area contributed by atoms with E-state index in [1.807, 2.05) is 0 Å². The zero-order chi connectivity index (χ0) is 9.97. The molecule has 14 heavy (non-hydrogen) atoms. The summed E-state index contributed by atoms with van der Waals surface area (Å²) in [6, 6.07) is 0. The first-order chi connectivity index (χ1) is 6.77. The van der Waals surface area contributed by atoms with Crippen LogP contribution in [0, 0.1) is 0 Å². The first-order valence-electron chi connectivity index (χ1n) is 4.09. The monoisotopic (exact) mass is 233 g/mol. The van der Waals surface area contributed by atoms with Crippen LogP contribution in [0.5, 0.6) is 0 Å². The van der Waals surface area contributed by atoms with Crippen molar-refractivity contribution in [1.29, 1.82) is 0 Å². The van der Waals surface area contributed by atoms with Gasteiger partial charge in [-0.2, -0.15) is 0 Å². The Hall–Kier alpha value is -0.720. The lowest BCUT2D eigenvalue weighted by Crippen LogP contribution is -2.41. The largest absolute Gasteiger partial charge is 0.370 e. The molecule has 1 aliphatic rings. The third-order valence-electron chi connectivity index (χ3n) is 1.93. The molecule has 5 nitrogen and oxygen atoms in total. The summed E-state index contributed by atoms with van der Waals surface area (Å²) in [4.78, 5) is 13.0. The van der Waals surface area contributed by atoms with E-state index in [0.717, 1.165) is 11.5 Å². The number of carbonyl (C=O) groups is 1. The molecule has 1 aromatic heterocycles. The van der Waals surface area contributed by atoms with Gasteiger partial charge in [0, 0.05) is 18.1 Å². The third-order valence-corrected chi connectivity index (χ3v) is 2.92. The molecule has 1 saturated heterocycles. The van der Waals surface area contributed by atoms with Gasteiger partial charge in [-0.15, -0.1) is 5.10 Å². The Kier molecular flexibility index (Phi) is 2.95. The molecule has 1 fully saturated rings. The third kappa shape index (κ3) is 2.02. The molecule has 2 rings (SSSR count).